The molecule has 0 fully saturated rings. The van der Waals surface area contributed by atoms with Crippen molar-refractivity contribution in [3.63, 3.8) is 0 Å². The lowest BCUT2D eigenvalue weighted by Crippen LogP contribution is -1.92. The molecule has 9 aromatic carbocycles. The Bertz CT molecular complexity index is 3450. The Morgan fingerprint density at radius 3 is 2.04 bits per heavy atom. The van der Waals surface area contributed by atoms with E-state index in [1.807, 2.05) is 11.3 Å². The molecule has 3 aromatic heterocycles. The molecule has 0 aliphatic heterocycles. The first-order valence-corrected chi connectivity index (χ1v) is 19.0. The van der Waals surface area contributed by atoms with Gasteiger partial charge in [0.2, 0.25) is 0 Å². The Kier molecular flexibility index (Phi) is 5.96. The monoisotopic (exact) mass is 690 g/mol. The van der Waals surface area contributed by atoms with Crippen molar-refractivity contribution in [3.05, 3.63) is 176 Å². The van der Waals surface area contributed by atoms with Crippen LogP contribution in [0, 0.1) is 0 Å². The summed E-state index contributed by atoms with van der Waals surface area (Å²) in [5.41, 5.74) is 10.9. The van der Waals surface area contributed by atoms with Crippen molar-refractivity contribution in [3.8, 4) is 27.9 Å². The molecule has 12 aromatic rings. The summed E-state index contributed by atoms with van der Waals surface area (Å²) in [5.74, 6) is 0. The molecule has 0 amide bonds. The predicted molar refractivity (Wildman–Crippen MR) is 229 cm³/mol. The van der Waals surface area contributed by atoms with E-state index in [9.17, 15) is 0 Å². The van der Waals surface area contributed by atoms with Gasteiger partial charge in [0.15, 0.2) is 0 Å². The van der Waals surface area contributed by atoms with E-state index in [2.05, 4.69) is 185 Å². The van der Waals surface area contributed by atoms with Crippen LogP contribution in [0.25, 0.3) is 113 Å². The van der Waals surface area contributed by atoms with Gasteiger partial charge < -0.3 is 9.55 Å². The highest BCUT2D eigenvalue weighted by molar-refractivity contribution is 7.26. The molecule has 12 rings (SSSR count). The van der Waals surface area contributed by atoms with E-state index in [0.29, 0.717) is 0 Å². The van der Waals surface area contributed by atoms with Crippen molar-refractivity contribution in [2.75, 3.05) is 0 Å². The van der Waals surface area contributed by atoms with Gasteiger partial charge in [-0.1, -0.05) is 115 Å². The lowest BCUT2D eigenvalue weighted by molar-refractivity contribution is 1.18. The van der Waals surface area contributed by atoms with Crippen LogP contribution in [0.15, 0.2) is 176 Å². The third-order valence-corrected chi connectivity index (χ3v) is 12.5. The third-order valence-electron chi connectivity index (χ3n) is 11.3. The van der Waals surface area contributed by atoms with Crippen LogP contribution in [0.5, 0.6) is 0 Å². The molecule has 53 heavy (non-hydrogen) atoms. The molecule has 0 aliphatic carbocycles. The first-order chi connectivity index (χ1) is 26.3. The molecule has 2 nitrogen and oxygen atoms in total. The quantitative estimate of drug-likeness (QED) is 0.178. The van der Waals surface area contributed by atoms with Gasteiger partial charge in [-0.25, -0.2) is 0 Å². The maximum atomic E-state index is 3.75. The summed E-state index contributed by atoms with van der Waals surface area (Å²) in [6.45, 7) is 0. The summed E-state index contributed by atoms with van der Waals surface area (Å²) in [7, 11) is 0. The second-order valence-electron chi connectivity index (χ2n) is 14.2. The number of benzene rings is 9. The predicted octanol–water partition coefficient (Wildman–Crippen LogP) is 14.4. The number of nitrogens with zero attached hydrogens (tertiary/aromatic N) is 1. The number of hydrogen-bond donors (Lipinski definition) is 1. The summed E-state index contributed by atoms with van der Waals surface area (Å²) >= 11 is 1.91. The summed E-state index contributed by atoms with van der Waals surface area (Å²) in [6.07, 6.45) is 0. The van der Waals surface area contributed by atoms with Gasteiger partial charge in [-0.05, 0) is 104 Å². The Morgan fingerprint density at radius 1 is 0.396 bits per heavy atom. The number of aromatic amines is 1. The van der Waals surface area contributed by atoms with Gasteiger partial charge in [-0.3, -0.25) is 0 Å². The average molecular weight is 691 g/mol. The minimum Gasteiger partial charge on any atom is -0.354 e. The lowest BCUT2D eigenvalue weighted by atomic mass is 9.91. The van der Waals surface area contributed by atoms with E-state index in [1.165, 1.54) is 108 Å². The Labute approximate surface area is 308 Å². The highest BCUT2D eigenvalue weighted by Crippen LogP contribution is 2.45. The molecule has 0 spiro atoms. The van der Waals surface area contributed by atoms with Gasteiger partial charge >= 0.3 is 0 Å². The van der Waals surface area contributed by atoms with Gasteiger partial charge in [0.05, 0.1) is 11.0 Å². The number of hydrogen-bond acceptors (Lipinski definition) is 1. The number of para-hydroxylation sites is 2. The molecule has 0 saturated heterocycles. The van der Waals surface area contributed by atoms with Gasteiger partial charge in [0.1, 0.15) is 0 Å². The summed E-state index contributed by atoms with van der Waals surface area (Å²) in [5, 5.41) is 12.9. The topological polar surface area (TPSA) is 20.7 Å². The van der Waals surface area contributed by atoms with Crippen LogP contribution in [0.3, 0.4) is 0 Å². The molecular weight excluding hydrogens is 661 g/mol. The minimum atomic E-state index is 1.16. The van der Waals surface area contributed by atoms with E-state index < -0.39 is 0 Å². The second kappa shape index (κ2) is 10.9. The van der Waals surface area contributed by atoms with Crippen molar-refractivity contribution in [2.45, 2.75) is 0 Å². The molecule has 246 valence electrons. The first kappa shape index (κ1) is 29.0. The SMILES string of the molecule is c1ccc(-n2c3ccccc3c3cc4c(cc32)sc2c4ccc3[nH]c4ccc(-c5cccc(-c6cc7ccccc7c7ccccc67)c5)cc4c32)cc1. The fourth-order valence-corrected chi connectivity index (χ4v) is 10.2. The smallest absolute Gasteiger partial charge is 0.0555 e. The van der Waals surface area contributed by atoms with Crippen LogP contribution in [0.4, 0.5) is 0 Å². The second-order valence-corrected chi connectivity index (χ2v) is 15.2. The van der Waals surface area contributed by atoms with Gasteiger partial charge in [-0.15, -0.1) is 11.3 Å². The summed E-state index contributed by atoms with van der Waals surface area (Å²) < 4.78 is 5.05. The minimum absolute atomic E-state index is 1.16. The van der Waals surface area contributed by atoms with Gasteiger partial charge in [0, 0.05) is 58.4 Å². The third kappa shape index (κ3) is 4.20. The first-order valence-electron chi connectivity index (χ1n) is 18.2. The summed E-state index contributed by atoms with van der Waals surface area (Å²) in [4.78, 5) is 3.75. The number of rotatable bonds is 3. The lowest BCUT2D eigenvalue weighted by Gasteiger charge is -2.12. The van der Waals surface area contributed by atoms with Crippen molar-refractivity contribution >= 4 is 96.7 Å². The Morgan fingerprint density at radius 2 is 1.13 bits per heavy atom. The number of H-pyrrole nitrogens is 1. The zero-order valence-electron chi connectivity index (χ0n) is 28.6. The van der Waals surface area contributed by atoms with Crippen LogP contribution in [0.1, 0.15) is 0 Å². The molecule has 1 N–H and O–H groups in total. The largest absolute Gasteiger partial charge is 0.354 e. The van der Waals surface area contributed by atoms with Crippen LogP contribution in [-0.2, 0) is 0 Å². The van der Waals surface area contributed by atoms with E-state index >= 15 is 0 Å². The van der Waals surface area contributed by atoms with E-state index in [4.69, 9.17) is 0 Å². The van der Waals surface area contributed by atoms with E-state index in [-0.39, 0.29) is 0 Å². The van der Waals surface area contributed by atoms with Gasteiger partial charge in [-0.2, -0.15) is 0 Å². The normalized spacial score (nSPS) is 12.2. The zero-order valence-corrected chi connectivity index (χ0v) is 29.4. The fraction of sp³-hybridized carbons (Fsp3) is 0. The van der Waals surface area contributed by atoms with Crippen LogP contribution < -0.4 is 0 Å². The number of aromatic nitrogens is 2. The van der Waals surface area contributed by atoms with Crippen molar-refractivity contribution in [2.24, 2.45) is 0 Å². The zero-order chi connectivity index (χ0) is 34.6. The molecule has 0 aliphatic rings. The average Bonchev–Trinajstić information content (AvgIpc) is 3.88. The number of thiophene rings is 1. The van der Waals surface area contributed by atoms with E-state index in [0.717, 1.165) is 5.52 Å². The van der Waals surface area contributed by atoms with Gasteiger partial charge in [0.25, 0.3) is 0 Å². The molecular formula is C50H30N2S. The molecule has 0 radical (unpaired) electrons. The Balaban J connectivity index is 1.05. The molecule has 0 atom stereocenters. The molecule has 0 bridgehead atoms. The molecule has 0 saturated carbocycles. The standard InChI is InChI=1S/C50H30N2S/c1-2-14-34(15-3-1)52-46-20-9-8-19-38(46)41-28-42-39-22-24-45-49(50(39)53-48(42)29-47(41)52)43-26-31(21-23-44(43)51-45)30-12-10-13-32(25-30)40-27-33-11-4-5-16-35(33)36-17-6-7-18-37(36)40/h1-29,51H. The fourth-order valence-electron chi connectivity index (χ4n) is 8.87. The molecule has 3 heterocycles. The van der Waals surface area contributed by atoms with Crippen LogP contribution in [0.2, 0.25) is 0 Å². The van der Waals surface area contributed by atoms with Crippen molar-refractivity contribution in [1.82, 2.24) is 9.55 Å². The van der Waals surface area contributed by atoms with Crippen LogP contribution in [-0.4, -0.2) is 9.55 Å². The van der Waals surface area contributed by atoms with Crippen molar-refractivity contribution < 1.29 is 0 Å². The number of fused-ring (bicyclic) bond motifs is 13. The maximum Gasteiger partial charge on any atom is 0.0555 e. The number of nitrogens with one attached hydrogen (secondary N) is 1. The highest BCUT2D eigenvalue weighted by atomic mass is 32.1. The Hall–Kier alpha value is -6.68. The summed E-state index contributed by atoms with van der Waals surface area (Å²) in [6, 6.07) is 64.8. The van der Waals surface area contributed by atoms with Crippen molar-refractivity contribution in [1.29, 1.82) is 0 Å². The molecule has 0 unspecified atom stereocenters. The van der Waals surface area contributed by atoms with E-state index in [1.54, 1.807) is 0 Å². The highest BCUT2D eigenvalue weighted by Gasteiger charge is 2.18. The van der Waals surface area contributed by atoms with Crippen LogP contribution >= 0.6 is 11.3 Å². The maximum absolute atomic E-state index is 3.75. The molecule has 3 heteroatoms.